The van der Waals surface area contributed by atoms with Crippen LogP contribution in [-0.2, 0) is 16.0 Å². The summed E-state index contributed by atoms with van der Waals surface area (Å²) in [6.45, 7) is 2.95. The lowest BCUT2D eigenvalue weighted by molar-refractivity contribution is -0.137. The van der Waals surface area contributed by atoms with E-state index in [9.17, 15) is 21.6 Å². The van der Waals surface area contributed by atoms with E-state index in [4.69, 9.17) is 5.84 Å². The number of alkyl halides is 3. The van der Waals surface area contributed by atoms with Crippen LogP contribution >= 0.6 is 0 Å². The van der Waals surface area contributed by atoms with Gasteiger partial charge in [0.1, 0.15) is 0 Å². The van der Waals surface area contributed by atoms with Gasteiger partial charge in [0.2, 0.25) is 0 Å². The Morgan fingerprint density at radius 2 is 1.85 bits per heavy atom. The zero-order chi connectivity index (χ0) is 15.7. The van der Waals surface area contributed by atoms with Gasteiger partial charge in [-0.15, -0.1) is 0 Å². The average molecular weight is 310 g/mol. The van der Waals surface area contributed by atoms with Gasteiger partial charge in [0.25, 0.3) is 0 Å². The molecule has 0 aliphatic heterocycles. The van der Waals surface area contributed by atoms with Gasteiger partial charge in [0.05, 0.1) is 16.9 Å². The summed E-state index contributed by atoms with van der Waals surface area (Å²) in [4.78, 5) is 0. The van der Waals surface area contributed by atoms with Gasteiger partial charge in [-0.05, 0) is 37.1 Å². The maximum absolute atomic E-state index is 12.6. The first-order valence-electron chi connectivity index (χ1n) is 5.81. The van der Waals surface area contributed by atoms with E-state index in [-0.39, 0.29) is 0 Å². The Labute approximate surface area is 116 Å². The monoisotopic (exact) mass is 310 g/mol. The van der Waals surface area contributed by atoms with Crippen molar-refractivity contribution in [3.05, 3.63) is 34.9 Å². The highest BCUT2D eigenvalue weighted by atomic mass is 32.2. The Morgan fingerprint density at radius 3 is 2.20 bits per heavy atom. The van der Waals surface area contributed by atoms with Crippen LogP contribution in [0.3, 0.4) is 0 Å². The van der Waals surface area contributed by atoms with Gasteiger partial charge >= 0.3 is 6.18 Å². The lowest BCUT2D eigenvalue weighted by atomic mass is 9.97. The Bertz CT molecular complexity index is 585. The first kappa shape index (κ1) is 16.9. The van der Waals surface area contributed by atoms with Gasteiger partial charge in [-0.2, -0.15) is 13.2 Å². The zero-order valence-electron chi connectivity index (χ0n) is 11.3. The van der Waals surface area contributed by atoms with Crippen molar-refractivity contribution < 1.29 is 21.6 Å². The van der Waals surface area contributed by atoms with Crippen molar-refractivity contribution in [3.63, 3.8) is 0 Å². The van der Waals surface area contributed by atoms with E-state index in [1.54, 1.807) is 0 Å². The largest absolute Gasteiger partial charge is 0.416 e. The molecule has 3 N–H and O–H groups in total. The fourth-order valence-electron chi connectivity index (χ4n) is 1.93. The molecule has 114 valence electrons. The molecule has 0 aromatic heterocycles. The number of rotatable bonds is 4. The Hall–Kier alpha value is -1.12. The zero-order valence-corrected chi connectivity index (χ0v) is 12.1. The van der Waals surface area contributed by atoms with Crippen molar-refractivity contribution >= 4 is 9.84 Å². The van der Waals surface area contributed by atoms with E-state index in [2.05, 4.69) is 5.43 Å². The highest BCUT2D eigenvalue weighted by Crippen LogP contribution is 2.32. The van der Waals surface area contributed by atoms with Crippen molar-refractivity contribution in [3.8, 4) is 0 Å². The normalized spacial score (nSPS) is 15.9. The lowest BCUT2D eigenvalue weighted by Gasteiger charge is -2.24. The first-order chi connectivity index (χ1) is 8.98. The summed E-state index contributed by atoms with van der Waals surface area (Å²) in [5.74, 6) is 5.36. The summed E-state index contributed by atoms with van der Waals surface area (Å²) < 4.78 is 60.9. The average Bonchev–Trinajstić information content (AvgIpc) is 2.29. The molecule has 0 saturated heterocycles. The van der Waals surface area contributed by atoms with Crippen molar-refractivity contribution in [2.45, 2.75) is 31.3 Å². The predicted octanol–water partition coefficient (Wildman–Crippen LogP) is 1.95. The van der Waals surface area contributed by atoms with Crippen LogP contribution in [0.5, 0.6) is 0 Å². The smallest absolute Gasteiger partial charge is 0.271 e. The molecule has 2 atom stereocenters. The predicted molar refractivity (Wildman–Crippen MR) is 70.6 cm³/mol. The van der Waals surface area contributed by atoms with Crippen LogP contribution in [0, 0.1) is 6.92 Å². The van der Waals surface area contributed by atoms with Gasteiger partial charge in [-0.25, -0.2) is 8.42 Å². The van der Waals surface area contributed by atoms with E-state index < -0.39 is 32.9 Å². The molecule has 0 amide bonds. The molecule has 0 spiro atoms. The minimum absolute atomic E-state index is 0.332. The Morgan fingerprint density at radius 1 is 1.30 bits per heavy atom. The summed E-state index contributed by atoms with van der Waals surface area (Å²) in [7, 11) is -3.38. The third-order valence-corrected chi connectivity index (χ3v) is 4.88. The van der Waals surface area contributed by atoms with Gasteiger partial charge in [-0.3, -0.25) is 11.3 Å². The molecular weight excluding hydrogens is 293 g/mol. The molecule has 0 fully saturated rings. The van der Waals surface area contributed by atoms with Crippen LogP contribution in [0.25, 0.3) is 0 Å². The molecule has 1 rings (SSSR count). The molecule has 20 heavy (non-hydrogen) atoms. The number of nitrogens with one attached hydrogen (secondary N) is 1. The molecule has 0 saturated carbocycles. The standard InChI is InChI=1S/C12H17F3N2O2S/c1-7-6-9(12(13,14)15)4-5-10(7)11(17-16)8(2)20(3,18)19/h4-6,8,11,17H,16H2,1-3H3. The summed E-state index contributed by atoms with van der Waals surface area (Å²) in [5.41, 5.74) is 2.35. The molecule has 0 heterocycles. The van der Waals surface area contributed by atoms with E-state index in [1.807, 2.05) is 0 Å². The fraction of sp³-hybridized carbons (Fsp3) is 0.500. The fourth-order valence-corrected chi connectivity index (χ4v) is 2.65. The van der Waals surface area contributed by atoms with E-state index >= 15 is 0 Å². The number of halogens is 3. The summed E-state index contributed by atoms with van der Waals surface area (Å²) in [5, 5.41) is -0.858. The number of hydrogen-bond donors (Lipinski definition) is 2. The van der Waals surface area contributed by atoms with E-state index in [0.29, 0.717) is 11.1 Å². The lowest BCUT2D eigenvalue weighted by Crippen LogP contribution is -2.39. The van der Waals surface area contributed by atoms with Gasteiger partial charge < -0.3 is 0 Å². The minimum Gasteiger partial charge on any atom is -0.271 e. The molecule has 1 aromatic carbocycles. The van der Waals surface area contributed by atoms with Gasteiger partial charge in [-0.1, -0.05) is 6.07 Å². The molecule has 8 heteroatoms. The molecular formula is C12H17F3N2O2S. The SMILES string of the molecule is Cc1cc(C(F)(F)F)ccc1C(NN)C(C)S(C)(=O)=O. The van der Waals surface area contributed by atoms with E-state index in [0.717, 1.165) is 18.4 Å². The van der Waals surface area contributed by atoms with Gasteiger partial charge in [0, 0.05) is 6.26 Å². The molecule has 0 bridgehead atoms. The first-order valence-corrected chi connectivity index (χ1v) is 7.76. The van der Waals surface area contributed by atoms with Gasteiger partial charge in [0.15, 0.2) is 9.84 Å². The van der Waals surface area contributed by atoms with Crippen molar-refractivity contribution in [1.29, 1.82) is 0 Å². The summed E-state index contributed by atoms with van der Waals surface area (Å²) in [6.07, 6.45) is -3.38. The number of nitrogens with two attached hydrogens (primary N) is 1. The molecule has 2 unspecified atom stereocenters. The van der Waals surface area contributed by atoms with Crippen LogP contribution in [0.1, 0.15) is 29.7 Å². The van der Waals surface area contributed by atoms with Crippen molar-refractivity contribution in [1.82, 2.24) is 5.43 Å². The van der Waals surface area contributed by atoms with Crippen LogP contribution < -0.4 is 11.3 Å². The molecule has 4 nitrogen and oxygen atoms in total. The number of hydrogen-bond acceptors (Lipinski definition) is 4. The Kier molecular flexibility index (Phi) is 4.83. The van der Waals surface area contributed by atoms with Crippen molar-refractivity contribution in [2.75, 3.05) is 6.26 Å². The molecule has 0 aliphatic carbocycles. The summed E-state index contributed by atoms with van der Waals surface area (Å²) >= 11 is 0. The topological polar surface area (TPSA) is 72.2 Å². The minimum atomic E-state index is -4.43. The number of benzene rings is 1. The Balaban J connectivity index is 3.25. The quantitative estimate of drug-likeness (QED) is 0.658. The third kappa shape index (κ3) is 3.71. The second-order valence-electron chi connectivity index (χ2n) is 4.75. The molecule has 0 aliphatic rings. The molecule has 1 aromatic rings. The number of hydrazine groups is 1. The molecule has 0 radical (unpaired) electrons. The van der Waals surface area contributed by atoms with Crippen LogP contribution in [0.4, 0.5) is 13.2 Å². The van der Waals surface area contributed by atoms with Crippen molar-refractivity contribution in [2.24, 2.45) is 5.84 Å². The summed E-state index contributed by atoms with van der Waals surface area (Å²) in [6, 6.07) is 2.38. The second kappa shape index (κ2) is 5.71. The van der Waals surface area contributed by atoms with Crippen LogP contribution in [0.2, 0.25) is 0 Å². The highest BCUT2D eigenvalue weighted by molar-refractivity contribution is 7.91. The maximum atomic E-state index is 12.6. The van der Waals surface area contributed by atoms with Crippen LogP contribution in [-0.4, -0.2) is 19.9 Å². The second-order valence-corrected chi connectivity index (χ2v) is 7.15. The van der Waals surface area contributed by atoms with Crippen LogP contribution in [0.15, 0.2) is 18.2 Å². The maximum Gasteiger partial charge on any atom is 0.416 e. The number of sulfone groups is 1. The highest BCUT2D eigenvalue weighted by Gasteiger charge is 2.32. The number of aryl methyl sites for hydroxylation is 1. The van der Waals surface area contributed by atoms with E-state index in [1.165, 1.54) is 19.9 Å². The third-order valence-electron chi connectivity index (χ3n) is 3.26.